The third-order valence-corrected chi connectivity index (χ3v) is 2.02. The van der Waals surface area contributed by atoms with E-state index in [0.29, 0.717) is 6.42 Å². The molecule has 132 valence electrons. The van der Waals surface area contributed by atoms with Crippen LogP contribution in [0.5, 0.6) is 0 Å². The number of carbonyl (C=O) groups is 1. The largest absolute Gasteiger partial charge is 0.293 e. The van der Waals surface area contributed by atoms with Crippen LogP contribution in [-0.2, 0) is 4.79 Å². The first-order chi connectivity index (χ1) is 10.8. The lowest BCUT2D eigenvalue weighted by atomic mass is 10.2. The predicted molar refractivity (Wildman–Crippen MR) is 104 cm³/mol. The summed E-state index contributed by atoms with van der Waals surface area (Å²) in [6, 6.07) is 0. The number of hydrogen-bond donors (Lipinski definition) is 0. The van der Waals surface area contributed by atoms with Crippen LogP contribution >= 0.6 is 0 Å². The molecule has 0 atom stereocenters. The van der Waals surface area contributed by atoms with Crippen LogP contribution in [0.2, 0.25) is 0 Å². The molecule has 0 fully saturated rings. The van der Waals surface area contributed by atoms with Crippen molar-refractivity contribution in [1.82, 2.24) is 0 Å². The average molecular weight is 313 g/mol. The molecule has 22 heavy (non-hydrogen) atoms. The third kappa shape index (κ3) is 27.2. The lowest BCUT2D eigenvalue weighted by molar-refractivity contribution is -0.112. The van der Waals surface area contributed by atoms with E-state index in [0.717, 1.165) is 31.5 Å². The topological polar surface area (TPSA) is 41.8 Å². The number of nitrogens with zero attached hydrogens (tertiary/aromatic N) is 2. The van der Waals surface area contributed by atoms with E-state index in [1.165, 1.54) is 12.6 Å². The van der Waals surface area contributed by atoms with Gasteiger partial charge < -0.3 is 0 Å². The molecule has 2 aliphatic rings. The lowest BCUT2D eigenvalue weighted by Gasteiger charge is -2.01. The quantitative estimate of drug-likeness (QED) is 0.519. The number of carbonyl (C=O) groups excluding carboxylic acids is 1. The Balaban J connectivity index is -0.000000102. The molecule has 2 heterocycles. The molecule has 0 aromatic carbocycles. The fraction of sp³-hybridized carbons (Fsp3) is 0.737. The van der Waals surface area contributed by atoms with Crippen molar-refractivity contribution in [1.29, 1.82) is 0 Å². The van der Waals surface area contributed by atoms with E-state index >= 15 is 0 Å². The Morgan fingerprint density at radius 3 is 1.64 bits per heavy atom. The van der Waals surface area contributed by atoms with E-state index in [4.69, 9.17) is 0 Å². The maximum Gasteiger partial charge on any atom is 0.173 e. The van der Waals surface area contributed by atoms with Crippen LogP contribution in [0.15, 0.2) is 22.3 Å². The van der Waals surface area contributed by atoms with Gasteiger partial charge in [-0.1, -0.05) is 62.0 Å². The second kappa shape index (κ2) is 31.9. The highest BCUT2D eigenvalue weighted by Gasteiger charge is 1.99. The van der Waals surface area contributed by atoms with E-state index < -0.39 is 0 Å². The van der Waals surface area contributed by atoms with E-state index in [1.807, 2.05) is 61.6 Å². The molecular formula is C19H40N2O. The minimum absolute atomic E-state index is 0.172. The highest BCUT2D eigenvalue weighted by molar-refractivity contribution is 6.27. The van der Waals surface area contributed by atoms with E-state index in [-0.39, 0.29) is 5.78 Å². The fourth-order valence-electron chi connectivity index (χ4n) is 1.23. The van der Waals surface area contributed by atoms with Crippen LogP contribution < -0.4 is 0 Å². The third-order valence-electron chi connectivity index (χ3n) is 2.02. The molecule has 0 aromatic heterocycles. The van der Waals surface area contributed by atoms with Gasteiger partial charge in [-0.25, -0.2) is 0 Å². The van der Waals surface area contributed by atoms with Crippen LogP contribution in [0.3, 0.4) is 0 Å². The SMILES string of the molecule is C=C1CCCC=N1.CC.CC.CC.CC.O=C1C=NCCC1. The molecule has 0 spiro atoms. The number of hydrogen-bond acceptors (Lipinski definition) is 3. The first-order valence-electron chi connectivity index (χ1n) is 9.02. The van der Waals surface area contributed by atoms with E-state index in [9.17, 15) is 4.79 Å². The maximum atomic E-state index is 10.3. The van der Waals surface area contributed by atoms with Gasteiger partial charge in [0.25, 0.3) is 0 Å². The van der Waals surface area contributed by atoms with Gasteiger partial charge >= 0.3 is 0 Å². The summed E-state index contributed by atoms with van der Waals surface area (Å²) in [6.45, 7) is 20.6. The monoisotopic (exact) mass is 312 g/mol. The molecular weight excluding hydrogens is 272 g/mol. The highest BCUT2D eigenvalue weighted by atomic mass is 16.1. The molecule has 0 bridgehead atoms. The Morgan fingerprint density at radius 2 is 1.45 bits per heavy atom. The number of aliphatic imine (C=N–C) groups is 2. The summed E-state index contributed by atoms with van der Waals surface area (Å²) < 4.78 is 0. The molecule has 0 saturated carbocycles. The minimum atomic E-state index is 0.172. The number of allylic oxidation sites excluding steroid dienone is 1. The Kier molecular flexibility index (Phi) is 41.8. The summed E-state index contributed by atoms with van der Waals surface area (Å²) in [6.07, 6.45) is 8.46. The van der Waals surface area contributed by atoms with Crippen LogP contribution in [0.25, 0.3) is 0 Å². The van der Waals surface area contributed by atoms with Crippen molar-refractivity contribution in [3.63, 3.8) is 0 Å². The van der Waals surface area contributed by atoms with Crippen molar-refractivity contribution >= 4 is 18.2 Å². The summed E-state index contributed by atoms with van der Waals surface area (Å²) in [5.74, 6) is 0.172. The van der Waals surface area contributed by atoms with Crippen molar-refractivity contribution in [2.75, 3.05) is 6.54 Å². The van der Waals surface area contributed by atoms with Crippen molar-refractivity contribution in [2.24, 2.45) is 9.98 Å². The van der Waals surface area contributed by atoms with Gasteiger partial charge in [-0.3, -0.25) is 14.8 Å². The van der Waals surface area contributed by atoms with Crippen LogP contribution in [0.4, 0.5) is 0 Å². The Hall–Kier alpha value is -1.25. The van der Waals surface area contributed by atoms with Gasteiger partial charge in [-0.15, -0.1) is 0 Å². The Morgan fingerprint density at radius 1 is 0.909 bits per heavy atom. The molecule has 0 aliphatic carbocycles. The zero-order valence-corrected chi connectivity index (χ0v) is 16.4. The summed E-state index contributed by atoms with van der Waals surface area (Å²) in [5, 5.41) is 0. The van der Waals surface area contributed by atoms with Gasteiger partial charge in [0.1, 0.15) is 0 Å². The molecule has 2 rings (SSSR count). The van der Waals surface area contributed by atoms with Crippen LogP contribution in [0.1, 0.15) is 87.5 Å². The minimum Gasteiger partial charge on any atom is -0.293 e. The van der Waals surface area contributed by atoms with Gasteiger partial charge in [-0.2, -0.15) is 0 Å². The predicted octanol–water partition coefficient (Wildman–Crippen LogP) is 6.28. The zero-order valence-electron chi connectivity index (χ0n) is 16.4. The smallest absolute Gasteiger partial charge is 0.173 e. The first kappa shape index (κ1) is 28.8. The Bertz CT molecular complexity index is 241. The van der Waals surface area contributed by atoms with Crippen LogP contribution in [0, 0.1) is 0 Å². The van der Waals surface area contributed by atoms with Gasteiger partial charge in [0.05, 0.1) is 6.21 Å². The van der Waals surface area contributed by atoms with Gasteiger partial charge in [0.2, 0.25) is 0 Å². The number of rotatable bonds is 0. The average Bonchev–Trinajstić information content (AvgIpc) is 2.64. The summed E-state index contributed by atoms with van der Waals surface area (Å²) in [4.78, 5) is 18.1. The molecule has 0 aromatic rings. The zero-order chi connectivity index (χ0) is 18.2. The number of ketones is 1. The standard InChI is InChI=1S/C6H9N.C5H7NO.4C2H6/c1-6-4-2-3-5-7-6;7-5-2-1-3-6-4-5;4*1-2/h5H,1-4H2;4H,1-3H2;4*1-2H3. The molecule has 0 unspecified atom stereocenters. The summed E-state index contributed by atoms with van der Waals surface area (Å²) in [7, 11) is 0. The van der Waals surface area contributed by atoms with Crippen molar-refractivity contribution in [3.05, 3.63) is 12.3 Å². The number of Topliss-reactive ketones (excluding diaryl/α,β-unsaturated/α-hetero) is 1. The van der Waals surface area contributed by atoms with Crippen molar-refractivity contribution < 1.29 is 4.79 Å². The molecule has 0 saturated heterocycles. The molecule has 0 amide bonds. The summed E-state index contributed by atoms with van der Waals surface area (Å²) in [5.41, 5.74) is 1.03. The fourth-order valence-corrected chi connectivity index (χ4v) is 1.23. The van der Waals surface area contributed by atoms with Crippen molar-refractivity contribution in [3.8, 4) is 0 Å². The molecule has 3 heteroatoms. The van der Waals surface area contributed by atoms with Crippen molar-refractivity contribution in [2.45, 2.75) is 87.5 Å². The summed E-state index contributed by atoms with van der Waals surface area (Å²) >= 11 is 0. The van der Waals surface area contributed by atoms with E-state index in [1.54, 1.807) is 0 Å². The lowest BCUT2D eigenvalue weighted by Crippen LogP contribution is -2.05. The van der Waals surface area contributed by atoms with E-state index in [2.05, 4.69) is 16.6 Å². The van der Waals surface area contributed by atoms with Gasteiger partial charge in [0.15, 0.2) is 5.78 Å². The molecule has 0 N–H and O–H groups in total. The second-order valence-electron chi connectivity index (χ2n) is 3.38. The van der Waals surface area contributed by atoms with Gasteiger partial charge in [-0.05, 0) is 25.7 Å². The van der Waals surface area contributed by atoms with Crippen LogP contribution in [-0.4, -0.2) is 24.8 Å². The maximum absolute atomic E-state index is 10.3. The second-order valence-corrected chi connectivity index (χ2v) is 3.38. The Labute approximate surface area is 140 Å². The van der Waals surface area contributed by atoms with Gasteiger partial charge in [0, 0.05) is 24.9 Å². The molecule has 3 nitrogen and oxygen atoms in total. The normalized spacial score (nSPS) is 14.0. The first-order valence-corrected chi connectivity index (χ1v) is 9.02. The molecule has 0 radical (unpaired) electrons. The highest BCUT2D eigenvalue weighted by Crippen LogP contribution is 2.09. The molecule has 2 aliphatic heterocycles.